The van der Waals surface area contributed by atoms with Crippen molar-refractivity contribution < 1.29 is 9.59 Å². The highest BCUT2D eigenvalue weighted by molar-refractivity contribution is 6.30. The van der Waals surface area contributed by atoms with Gasteiger partial charge in [0.15, 0.2) is 0 Å². The smallest absolute Gasteiger partial charge is 0.270 e. The van der Waals surface area contributed by atoms with Gasteiger partial charge >= 0.3 is 0 Å². The first-order chi connectivity index (χ1) is 10.6. The van der Waals surface area contributed by atoms with Gasteiger partial charge in [-0.25, -0.2) is 4.68 Å². The van der Waals surface area contributed by atoms with Crippen LogP contribution in [0.5, 0.6) is 0 Å². The van der Waals surface area contributed by atoms with Crippen molar-refractivity contribution in [2.24, 2.45) is 0 Å². The molecule has 3 heterocycles. The molecular formula is C12H14ClN7O2. The van der Waals surface area contributed by atoms with Gasteiger partial charge in [0, 0.05) is 32.4 Å². The first kappa shape index (κ1) is 14.5. The van der Waals surface area contributed by atoms with Gasteiger partial charge in [0.25, 0.3) is 5.91 Å². The van der Waals surface area contributed by atoms with E-state index < -0.39 is 0 Å². The molecule has 2 amide bonds. The zero-order valence-corrected chi connectivity index (χ0v) is 12.4. The number of hydrogen-bond donors (Lipinski definition) is 1. The molecule has 1 aliphatic heterocycles. The summed E-state index contributed by atoms with van der Waals surface area (Å²) >= 11 is 5.80. The number of tetrazole rings is 1. The predicted octanol–water partition coefficient (Wildman–Crippen LogP) is -0.361. The Hall–Kier alpha value is -2.42. The van der Waals surface area contributed by atoms with Gasteiger partial charge in [-0.1, -0.05) is 11.6 Å². The third-order valence-electron chi connectivity index (χ3n) is 3.49. The maximum atomic E-state index is 12.2. The highest BCUT2D eigenvalue weighted by Gasteiger charge is 2.25. The SMILES string of the molecule is O=C(Cn1cnnn1)N1CCN(C(=O)c2cc(Cl)c[nH]2)CC1. The van der Waals surface area contributed by atoms with Gasteiger partial charge in [0.05, 0.1) is 5.02 Å². The van der Waals surface area contributed by atoms with Crippen molar-refractivity contribution in [2.45, 2.75) is 6.54 Å². The van der Waals surface area contributed by atoms with Crippen LogP contribution in [0.4, 0.5) is 0 Å². The molecule has 1 fully saturated rings. The Labute approximate surface area is 130 Å². The zero-order chi connectivity index (χ0) is 15.5. The van der Waals surface area contributed by atoms with Gasteiger partial charge in [-0.05, 0) is 16.5 Å². The fraction of sp³-hybridized carbons (Fsp3) is 0.417. The molecule has 2 aromatic heterocycles. The Morgan fingerprint density at radius 2 is 1.95 bits per heavy atom. The summed E-state index contributed by atoms with van der Waals surface area (Å²) in [6.45, 7) is 2.04. The number of hydrogen-bond acceptors (Lipinski definition) is 5. The topological polar surface area (TPSA) is 100 Å². The number of carbonyl (C=O) groups excluding carboxylic acids is 2. The molecule has 1 saturated heterocycles. The molecule has 1 N–H and O–H groups in total. The molecule has 0 aromatic carbocycles. The molecule has 1 aliphatic rings. The summed E-state index contributed by atoms with van der Waals surface area (Å²) in [6, 6.07) is 1.60. The van der Waals surface area contributed by atoms with Crippen LogP contribution in [0.1, 0.15) is 10.5 Å². The third-order valence-corrected chi connectivity index (χ3v) is 3.70. The number of aromatic nitrogens is 5. The second kappa shape index (κ2) is 6.14. The largest absolute Gasteiger partial charge is 0.356 e. The normalized spacial score (nSPS) is 15.1. The Balaban J connectivity index is 1.54. The van der Waals surface area contributed by atoms with E-state index >= 15 is 0 Å². The highest BCUT2D eigenvalue weighted by atomic mass is 35.5. The lowest BCUT2D eigenvalue weighted by atomic mass is 10.2. The van der Waals surface area contributed by atoms with Crippen LogP contribution < -0.4 is 0 Å². The Bertz CT molecular complexity index is 661. The molecular weight excluding hydrogens is 310 g/mol. The molecule has 0 bridgehead atoms. The molecule has 10 heteroatoms. The van der Waals surface area contributed by atoms with Crippen molar-refractivity contribution in [3.05, 3.63) is 29.3 Å². The van der Waals surface area contributed by atoms with E-state index in [1.807, 2.05) is 0 Å². The number of halogens is 1. The third kappa shape index (κ3) is 3.08. The molecule has 0 unspecified atom stereocenters. The van der Waals surface area contributed by atoms with E-state index in [0.29, 0.717) is 36.9 Å². The Morgan fingerprint density at radius 1 is 1.23 bits per heavy atom. The number of nitrogens with one attached hydrogen (secondary N) is 1. The second-order valence-corrected chi connectivity index (χ2v) is 5.35. The Kier molecular flexibility index (Phi) is 4.05. The van der Waals surface area contributed by atoms with Gasteiger partial charge < -0.3 is 14.8 Å². The van der Waals surface area contributed by atoms with Crippen molar-refractivity contribution in [2.75, 3.05) is 26.2 Å². The molecule has 0 atom stereocenters. The van der Waals surface area contributed by atoms with Crippen LogP contribution in [0.25, 0.3) is 0 Å². The fourth-order valence-corrected chi connectivity index (χ4v) is 2.48. The number of aromatic amines is 1. The molecule has 0 aliphatic carbocycles. The minimum atomic E-state index is -0.112. The van der Waals surface area contributed by atoms with Crippen molar-refractivity contribution >= 4 is 23.4 Å². The van der Waals surface area contributed by atoms with Crippen molar-refractivity contribution in [3.63, 3.8) is 0 Å². The summed E-state index contributed by atoms with van der Waals surface area (Å²) in [4.78, 5) is 30.6. The molecule has 2 aromatic rings. The summed E-state index contributed by atoms with van der Waals surface area (Å²) in [7, 11) is 0. The summed E-state index contributed by atoms with van der Waals surface area (Å²) in [6.07, 6.45) is 2.97. The average Bonchev–Trinajstić information content (AvgIpc) is 3.18. The minimum absolute atomic E-state index is 0.0673. The van der Waals surface area contributed by atoms with Gasteiger partial charge in [-0.15, -0.1) is 5.10 Å². The number of amides is 2. The van der Waals surface area contributed by atoms with Gasteiger partial charge in [0.1, 0.15) is 18.6 Å². The molecule has 116 valence electrons. The summed E-state index contributed by atoms with van der Waals surface area (Å²) in [5, 5.41) is 11.1. The van der Waals surface area contributed by atoms with Gasteiger partial charge in [0.2, 0.25) is 5.91 Å². The van der Waals surface area contributed by atoms with Crippen LogP contribution in [0, 0.1) is 0 Å². The Morgan fingerprint density at radius 3 is 2.55 bits per heavy atom. The first-order valence-corrected chi connectivity index (χ1v) is 7.13. The van der Waals surface area contributed by atoms with E-state index in [2.05, 4.69) is 20.5 Å². The lowest BCUT2D eigenvalue weighted by Gasteiger charge is -2.34. The van der Waals surface area contributed by atoms with Gasteiger partial charge in [-0.3, -0.25) is 9.59 Å². The number of H-pyrrole nitrogens is 1. The molecule has 9 nitrogen and oxygen atoms in total. The van der Waals surface area contributed by atoms with Crippen molar-refractivity contribution in [3.8, 4) is 0 Å². The van der Waals surface area contributed by atoms with Crippen LogP contribution in [0.15, 0.2) is 18.6 Å². The number of nitrogens with zero attached hydrogens (tertiary/aromatic N) is 6. The highest BCUT2D eigenvalue weighted by Crippen LogP contribution is 2.13. The number of rotatable bonds is 3. The average molecular weight is 324 g/mol. The van der Waals surface area contributed by atoms with Gasteiger partial charge in [-0.2, -0.15) is 0 Å². The summed E-state index contributed by atoms with van der Waals surface area (Å²) in [5.74, 6) is -0.179. The zero-order valence-electron chi connectivity index (χ0n) is 11.6. The van der Waals surface area contributed by atoms with E-state index in [9.17, 15) is 9.59 Å². The summed E-state index contributed by atoms with van der Waals surface area (Å²) in [5.41, 5.74) is 0.457. The standard InChI is InChI=1S/C12H14ClN7O2/c13-9-5-10(14-6-9)12(22)19-3-1-18(2-4-19)11(21)7-20-8-15-16-17-20/h5-6,8,14H,1-4,7H2. The van der Waals surface area contributed by atoms with Crippen molar-refractivity contribution in [1.29, 1.82) is 0 Å². The predicted molar refractivity (Wildman–Crippen MR) is 76.1 cm³/mol. The van der Waals surface area contributed by atoms with Crippen LogP contribution in [-0.4, -0.2) is 73.0 Å². The van der Waals surface area contributed by atoms with E-state index in [1.165, 1.54) is 11.0 Å². The summed E-state index contributed by atoms with van der Waals surface area (Å²) < 4.78 is 1.38. The fourth-order valence-electron chi connectivity index (χ4n) is 2.31. The van der Waals surface area contributed by atoms with Crippen LogP contribution in [0.3, 0.4) is 0 Å². The number of piperazine rings is 1. The monoisotopic (exact) mass is 323 g/mol. The molecule has 0 radical (unpaired) electrons. The van der Waals surface area contributed by atoms with Crippen molar-refractivity contribution in [1.82, 2.24) is 35.0 Å². The number of carbonyl (C=O) groups is 2. The van der Waals surface area contributed by atoms with Crippen LogP contribution >= 0.6 is 11.6 Å². The van der Waals surface area contributed by atoms with Crippen LogP contribution in [0.2, 0.25) is 5.02 Å². The maximum absolute atomic E-state index is 12.2. The van der Waals surface area contributed by atoms with E-state index in [1.54, 1.807) is 22.1 Å². The van der Waals surface area contributed by atoms with E-state index in [0.717, 1.165) is 0 Å². The maximum Gasteiger partial charge on any atom is 0.270 e. The second-order valence-electron chi connectivity index (χ2n) is 4.91. The molecule has 22 heavy (non-hydrogen) atoms. The lowest BCUT2D eigenvalue weighted by Crippen LogP contribution is -2.51. The molecule has 0 spiro atoms. The quantitative estimate of drug-likeness (QED) is 0.831. The lowest BCUT2D eigenvalue weighted by molar-refractivity contribution is -0.133. The first-order valence-electron chi connectivity index (χ1n) is 6.75. The molecule has 3 rings (SSSR count). The molecule has 0 saturated carbocycles. The minimum Gasteiger partial charge on any atom is -0.356 e. The van der Waals surface area contributed by atoms with E-state index in [-0.39, 0.29) is 18.4 Å². The van der Waals surface area contributed by atoms with E-state index in [4.69, 9.17) is 11.6 Å². The van der Waals surface area contributed by atoms with Crippen LogP contribution in [-0.2, 0) is 11.3 Å².